The zero-order chi connectivity index (χ0) is 17.6. The van der Waals surface area contributed by atoms with Crippen molar-refractivity contribution in [2.45, 2.75) is 71.8 Å². The second-order valence-corrected chi connectivity index (χ2v) is 9.71. The Bertz CT molecular complexity index is 481. The minimum absolute atomic E-state index is 0.0722. The summed E-state index contributed by atoms with van der Waals surface area (Å²) in [6.07, 6.45) is 6.05. The summed E-state index contributed by atoms with van der Waals surface area (Å²) in [5, 5.41) is 11.2. The van der Waals surface area contributed by atoms with Crippen molar-refractivity contribution in [3.05, 3.63) is 0 Å². The average Bonchev–Trinajstić information content (AvgIpc) is 2.50. The summed E-state index contributed by atoms with van der Waals surface area (Å²) in [4.78, 5) is 14.6. The third-order valence-corrected chi connectivity index (χ3v) is 7.35. The third-order valence-electron chi connectivity index (χ3n) is 7.35. The van der Waals surface area contributed by atoms with Gasteiger partial charge in [0.25, 0.3) is 0 Å². The van der Waals surface area contributed by atoms with Crippen molar-refractivity contribution in [3.8, 4) is 0 Å². The van der Waals surface area contributed by atoms with E-state index in [1.807, 2.05) is 11.8 Å². The number of hydrogen-bond donors (Lipinski definition) is 1. The summed E-state index contributed by atoms with van der Waals surface area (Å²) in [7, 11) is 0. The number of aliphatic hydroxyl groups is 1. The smallest absolute Gasteiger partial charge is 0.223 e. The summed E-state index contributed by atoms with van der Waals surface area (Å²) >= 11 is 0. The fourth-order valence-corrected chi connectivity index (χ4v) is 5.81. The molecule has 0 radical (unpaired) electrons. The lowest BCUT2D eigenvalue weighted by atomic mass is 9.47. The zero-order valence-corrected chi connectivity index (χ0v) is 15.9. The first-order valence-corrected chi connectivity index (χ1v) is 9.72. The summed E-state index contributed by atoms with van der Waals surface area (Å²) in [5.41, 5.74) is -0.184. The maximum absolute atomic E-state index is 12.7. The van der Waals surface area contributed by atoms with E-state index in [4.69, 9.17) is 4.74 Å². The van der Waals surface area contributed by atoms with Gasteiger partial charge in [0.1, 0.15) is 0 Å². The molecule has 0 bridgehead atoms. The van der Waals surface area contributed by atoms with Crippen LogP contribution >= 0.6 is 0 Å². The Labute approximate surface area is 146 Å². The lowest BCUT2D eigenvalue weighted by molar-refractivity contribution is -0.160. The lowest BCUT2D eigenvalue weighted by Crippen LogP contribution is -2.55. The van der Waals surface area contributed by atoms with Gasteiger partial charge in [-0.15, -0.1) is 0 Å². The molecule has 3 rings (SSSR count). The minimum atomic E-state index is -0.735. The zero-order valence-electron chi connectivity index (χ0n) is 15.9. The number of fused-ring (bicyclic) bond motifs is 1. The third kappa shape index (κ3) is 3.37. The van der Waals surface area contributed by atoms with Crippen molar-refractivity contribution >= 4 is 5.91 Å². The number of amides is 1. The van der Waals surface area contributed by atoms with Gasteiger partial charge in [-0.25, -0.2) is 0 Å². The van der Waals surface area contributed by atoms with E-state index in [0.717, 1.165) is 12.8 Å². The van der Waals surface area contributed by atoms with E-state index < -0.39 is 5.60 Å². The van der Waals surface area contributed by atoms with Crippen LogP contribution < -0.4 is 0 Å². The largest absolute Gasteiger partial charge is 0.390 e. The van der Waals surface area contributed by atoms with Crippen LogP contribution in [0.2, 0.25) is 0 Å². The molecule has 1 aliphatic heterocycles. The van der Waals surface area contributed by atoms with Crippen LogP contribution in [0.4, 0.5) is 0 Å². The molecular weight excluding hydrogens is 302 g/mol. The molecule has 24 heavy (non-hydrogen) atoms. The van der Waals surface area contributed by atoms with E-state index in [-0.39, 0.29) is 22.7 Å². The molecule has 138 valence electrons. The number of morpholine rings is 1. The second-order valence-electron chi connectivity index (χ2n) is 9.71. The van der Waals surface area contributed by atoms with E-state index in [0.29, 0.717) is 38.6 Å². The highest BCUT2D eigenvalue weighted by Crippen LogP contribution is 2.61. The maximum atomic E-state index is 12.7. The van der Waals surface area contributed by atoms with Gasteiger partial charge in [0.05, 0.1) is 18.8 Å². The Balaban J connectivity index is 1.73. The van der Waals surface area contributed by atoms with Crippen molar-refractivity contribution in [1.82, 2.24) is 4.90 Å². The molecule has 1 heterocycles. The standard InChI is InChI=1S/C20H35NO3/c1-18(2)6-5-7-19(3)13-15(20(4,23)14-16(18)19)12-17(22)21-8-10-24-11-9-21/h15-16,23H,5-14H2,1-4H3/t15-,16-,19+,20+/m0/s1. The SMILES string of the molecule is CC1(C)CCC[C@]2(C)C[C@H](CC(=O)N3CCOCC3)[C@](C)(O)C[C@@H]12. The molecule has 0 spiro atoms. The van der Waals surface area contributed by atoms with Crippen LogP contribution in [-0.4, -0.2) is 47.8 Å². The van der Waals surface area contributed by atoms with E-state index >= 15 is 0 Å². The molecule has 0 aromatic heterocycles. The molecule has 4 atom stereocenters. The van der Waals surface area contributed by atoms with E-state index in [9.17, 15) is 9.90 Å². The second kappa shape index (κ2) is 6.28. The molecule has 0 aromatic carbocycles. The van der Waals surface area contributed by atoms with Crippen LogP contribution in [0.1, 0.15) is 66.2 Å². The topological polar surface area (TPSA) is 49.8 Å². The molecule has 3 aliphatic rings. The lowest BCUT2D eigenvalue weighted by Gasteiger charge is -2.59. The molecular formula is C20H35NO3. The molecule has 1 saturated heterocycles. The summed E-state index contributed by atoms with van der Waals surface area (Å²) < 4.78 is 5.35. The van der Waals surface area contributed by atoms with Crippen LogP contribution in [0.3, 0.4) is 0 Å². The maximum Gasteiger partial charge on any atom is 0.223 e. The number of carbonyl (C=O) groups is 1. The van der Waals surface area contributed by atoms with Gasteiger partial charge in [0.2, 0.25) is 5.91 Å². The number of ether oxygens (including phenoxy) is 1. The molecule has 1 amide bonds. The van der Waals surface area contributed by atoms with E-state index in [2.05, 4.69) is 20.8 Å². The fourth-order valence-electron chi connectivity index (χ4n) is 5.81. The van der Waals surface area contributed by atoms with Crippen LogP contribution in [-0.2, 0) is 9.53 Å². The summed E-state index contributed by atoms with van der Waals surface area (Å²) in [5.74, 6) is 0.812. The first kappa shape index (κ1) is 18.2. The number of carbonyl (C=O) groups excluding carboxylic acids is 1. The van der Waals surface area contributed by atoms with Crippen LogP contribution in [0.15, 0.2) is 0 Å². The Morgan fingerprint density at radius 1 is 1.12 bits per heavy atom. The quantitative estimate of drug-likeness (QED) is 0.841. The van der Waals surface area contributed by atoms with Gasteiger partial charge in [0.15, 0.2) is 0 Å². The van der Waals surface area contributed by atoms with Gasteiger partial charge in [-0.2, -0.15) is 0 Å². The normalized spacial score (nSPS) is 42.5. The van der Waals surface area contributed by atoms with Gasteiger partial charge in [-0.1, -0.05) is 27.2 Å². The number of hydrogen-bond acceptors (Lipinski definition) is 3. The molecule has 2 aliphatic carbocycles. The molecule has 4 nitrogen and oxygen atoms in total. The fraction of sp³-hybridized carbons (Fsp3) is 0.950. The van der Waals surface area contributed by atoms with Crippen LogP contribution in [0.5, 0.6) is 0 Å². The van der Waals surface area contributed by atoms with Gasteiger partial charge in [-0.05, 0) is 55.3 Å². The van der Waals surface area contributed by atoms with E-state index in [1.165, 1.54) is 19.3 Å². The number of rotatable bonds is 2. The first-order valence-electron chi connectivity index (χ1n) is 9.72. The minimum Gasteiger partial charge on any atom is -0.390 e. The highest BCUT2D eigenvalue weighted by Gasteiger charge is 2.55. The predicted octanol–water partition coefficient (Wildman–Crippen LogP) is 3.23. The first-order chi connectivity index (χ1) is 11.1. The molecule has 0 unspecified atom stereocenters. The Hall–Kier alpha value is -0.610. The van der Waals surface area contributed by atoms with Crippen molar-refractivity contribution in [2.75, 3.05) is 26.3 Å². The van der Waals surface area contributed by atoms with Crippen molar-refractivity contribution in [1.29, 1.82) is 0 Å². The molecule has 2 saturated carbocycles. The van der Waals surface area contributed by atoms with Crippen molar-refractivity contribution in [2.24, 2.45) is 22.7 Å². The van der Waals surface area contributed by atoms with Gasteiger partial charge >= 0.3 is 0 Å². The van der Waals surface area contributed by atoms with Crippen LogP contribution in [0, 0.1) is 22.7 Å². The Morgan fingerprint density at radius 2 is 1.79 bits per heavy atom. The number of nitrogens with zero attached hydrogens (tertiary/aromatic N) is 1. The van der Waals surface area contributed by atoms with Crippen molar-refractivity contribution in [3.63, 3.8) is 0 Å². The summed E-state index contributed by atoms with van der Waals surface area (Å²) in [6, 6.07) is 0. The highest BCUT2D eigenvalue weighted by atomic mass is 16.5. The van der Waals surface area contributed by atoms with Gasteiger partial charge < -0.3 is 14.7 Å². The predicted molar refractivity (Wildman–Crippen MR) is 94.6 cm³/mol. The molecule has 0 aromatic rings. The summed E-state index contributed by atoms with van der Waals surface area (Å²) in [6.45, 7) is 11.8. The molecule has 3 fully saturated rings. The Kier molecular flexibility index (Phi) is 4.76. The van der Waals surface area contributed by atoms with E-state index in [1.54, 1.807) is 0 Å². The molecule has 1 N–H and O–H groups in total. The van der Waals surface area contributed by atoms with Gasteiger partial charge in [0, 0.05) is 19.5 Å². The van der Waals surface area contributed by atoms with Gasteiger partial charge in [-0.3, -0.25) is 4.79 Å². The highest BCUT2D eigenvalue weighted by molar-refractivity contribution is 5.76. The monoisotopic (exact) mass is 337 g/mol. The van der Waals surface area contributed by atoms with Crippen molar-refractivity contribution < 1.29 is 14.6 Å². The van der Waals surface area contributed by atoms with Crippen LogP contribution in [0.25, 0.3) is 0 Å². The molecule has 4 heteroatoms. The average molecular weight is 338 g/mol. The Morgan fingerprint density at radius 3 is 2.46 bits per heavy atom.